The van der Waals surface area contributed by atoms with Gasteiger partial charge in [0, 0.05) is 25.3 Å². The van der Waals surface area contributed by atoms with E-state index in [9.17, 15) is 0 Å². The summed E-state index contributed by atoms with van der Waals surface area (Å²) in [5.41, 5.74) is 2.46. The molecule has 0 radical (unpaired) electrons. The Morgan fingerprint density at radius 3 is 2.61 bits per heavy atom. The number of hydrogen-bond acceptors (Lipinski definition) is 3. The Kier molecular flexibility index (Phi) is 6.81. The van der Waals surface area contributed by atoms with Gasteiger partial charge in [-0.2, -0.15) is 0 Å². The number of nitrogens with zero attached hydrogens (tertiary/aromatic N) is 1. The van der Waals surface area contributed by atoms with Crippen molar-refractivity contribution in [1.82, 2.24) is 10.2 Å². The number of hydrogen-bond donors (Lipinski definition) is 2. The van der Waals surface area contributed by atoms with E-state index in [-0.39, 0.29) is 5.41 Å². The van der Waals surface area contributed by atoms with Crippen molar-refractivity contribution in [2.45, 2.75) is 32.6 Å². The topological polar surface area (TPSA) is 36.5 Å². The number of rotatable bonds is 5. The van der Waals surface area contributed by atoms with Crippen molar-refractivity contribution in [1.29, 1.82) is 0 Å². The van der Waals surface area contributed by atoms with Crippen molar-refractivity contribution in [3.05, 3.63) is 29.8 Å². The first-order valence-corrected chi connectivity index (χ1v) is 8.82. The van der Waals surface area contributed by atoms with Gasteiger partial charge in [-0.15, -0.1) is 0 Å². The predicted molar refractivity (Wildman–Crippen MR) is 101 cm³/mol. The van der Waals surface area contributed by atoms with E-state index in [0.29, 0.717) is 5.11 Å². The number of thiocarbonyl (C=S) groups is 1. The van der Waals surface area contributed by atoms with Gasteiger partial charge >= 0.3 is 0 Å². The SMILES string of the molecule is CC(C)(C)c1ccccc1NC(=S)NCCCN1CCOCC1. The molecular formula is C18H29N3OS. The van der Waals surface area contributed by atoms with E-state index < -0.39 is 0 Å². The molecule has 5 heteroatoms. The predicted octanol–water partition coefficient (Wildman–Crippen LogP) is 2.99. The quantitative estimate of drug-likeness (QED) is 0.639. The molecule has 4 nitrogen and oxygen atoms in total. The maximum absolute atomic E-state index is 5.43. The summed E-state index contributed by atoms with van der Waals surface area (Å²) in [6.07, 6.45) is 1.09. The first-order valence-electron chi connectivity index (χ1n) is 8.41. The molecule has 1 aromatic rings. The van der Waals surface area contributed by atoms with Crippen LogP contribution in [0.3, 0.4) is 0 Å². The zero-order valence-corrected chi connectivity index (χ0v) is 15.3. The number of benzene rings is 1. The van der Waals surface area contributed by atoms with Crippen molar-refractivity contribution < 1.29 is 4.74 Å². The molecule has 0 amide bonds. The lowest BCUT2D eigenvalue weighted by Crippen LogP contribution is -2.38. The van der Waals surface area contributed by atoms with Crippen molar-refractivity contribution in [3.63, 3.8) is 0 Å². The molecule has 23 heavy (non-hydrogen) atoms. The highest BCUT2D eigenvalue weighted by molar-refractivity contribution is 7.80. The fourth-order valence-corrected chi connectivity index (χ4v) is 2.95. The van der Waals surface area contributed by atoms with Gasteiger partial charge in [-0.1, -0.05) is 39.0 Å². The highest BCUT2D eigenvalue weighted by Crippen LogP contribution is 2.29. The average molecular weight is 336 g/mol. The van der Waals surface area contributed by atoms with Gasteiger partial charge in [-0.05, 0) is 42.2 Å². The largest absolute Gasteiger partial charge is 0.379 e. The molecule has 0 spiro atoms. The molecule has 128 valence electrons. The van der Waals surface area contributed by atoms with Crippen LogP contribution < -0.4 is 10.6 Å². The Labute approximate surface area is 145 Å². The summed E-state index contributed by atoms with van der Waals surface area (Å²) >= 11 is 5.43. The molecule has 1 aromatic carbocycles. The summed E-state index contributed by atoms with van der Waals surface area (Å²) < 4.78 is 5.36. The summed E-state index contributed by atoms with van der Waals surface area (Å²) in [7, 11) is 0. The third-order valence-electron chi connectivity index (χ3n) is 4.02. The van der Waals surface area contributed by atoms with E-state index in [0.717, 1.165) is 51.5 Å². The molecule has 1 saturated heterocycles. The minimum absolute atomic E-state index is 0.0928. The smallest absolute Gasteiger partial charge is 0.170 e. The summed E-state index contributed by atoms with van der Waals surface area (Å²) in [6, 6.07) is 8.36. The Bertz CT molecular complexity index is 507. The van der Waals surface area contributed by atoms with Gasteiger partial charge in [0.15, 0.2) is 5.11 Å². The molecular weight excluding hydrogens is 306 g/mol. The molecule has 1 aliphatic heterocycles. The van der Waals surface area contributed by atoms with Crippen molar-refractivity contribution >= 4 is 23.0 Å². The standard InChI is InChI=1S/C18H29N3OS/c1-18(2,3)15-7-4-5-8-16(15)20-17(23)19-9-6-10-21-11-13-22-14-12-21/h4-5,7-8H,6,9-14H2,1-3H3,(H2,19,20,23). The Balaban J connectivity index is 1.74. The minimum Gasteiger partial charge on any atom is -0.379 e. The normalized spacial score (nSPS) is 16.1. The fourth-order valence-electron chi connectivity index (χ4n) is 2.74. The zero-order chi connectivity index (χ0) is 16.7. The number of ether oxygens (including phenoxy) is 1. The van der Waals surface area contributed by atoms with Gasteiger partial charge in [0.1, 0.15) is 0 Å². The highest BCUT2D eigenvalue weighted by atomic mass is 32.1. The molecule has 0 unspecified atom stereocenters. The third kappa shape index (κ3) is 6.09. The third-order valence-corrected chi connectivity index (χ3v) is 4.27. The van der Waals surface area contributed by atoms with Gasteiger partial charge in [-0.3, -0.25) is 4.90 Å². The van der Waals surface area contributed by atoms with Crippen LogP contribution >= 0.6 is 12.2 Å². The van der Waals surface area contributed by atoms with E-state index in [4.69, 9.17) is 17.0 Å². The van der Waals surface area contributed by atoms with Crippen LogP contribution in [0, 0.1) is 0 Å². The number of morpholine rings is 1. The summed E-state index contributed by atoms with van der Waals surface area (Å²) in [5, 5.41) is 7.35. The molecule has 1 aliphatic rings. The summed E-state index contributed by atoms with van der Waals surface area (Å²) in [4.78, 5) is 2.44. The molecule has 2 rings (SSSR count). The molecule has 0 bridgehead atoms. The molecule has 0 atom stereocenters. The van der Waals surface area contributed by atoms with Crippen LogP contribution in [-0.4, -0.2) is 49.4 Å². The van der Waals surface area contributed by atoms with Gasteiger partial charge in [0.25, 0.3) is 0 Å². The molecule has 0 aliphatic carbocycles. The van der Waals surface area contributed by atoms with E-state index in [1.807, 2.05) is 6.07 Å². The van der Waals surface area contributed by atoms with Crippen LogP contribution in [0.4, 0.5) is 5.69 Å². The monoisotopic (exact) mass is 335 g/mol. The fraction of sp³-hybridized carbons (Fsp3) is 0.611. The van der Waals surface area contributed by atoms with Crippen LogP contribution in [0.25, 0.3) is 0 Å². The Hall–Kier alpha value is -1.17. The highest BCUT2D eigenvalue weighted by Gasteiger charge is 2.17. The lowest BCUT2D eigenvalue weighted by molar-refractivity contribution is 0.0376. The maximum atomic E-state index is 5.43. The molecule has 0 saturated carbocycles. The molecule has 2 N–H and O–H groups in total. The Morgan fingerprint density at radius 2 is 1.91 bits per heavy atom. The first kappa shape index (κ1) is 18.2. The first-order chi connectivity index (χ1) is 11.0. The van der Waals surface area contributed by atoms with Crippen LogP contribution in [0.2, 0.25) is 0 Å². The second-order valence-corrected chi connectivity index (χ2v) is 7.39. The second kappa shape index (κ2) is 8.62. The van der Waals surface area contributed by atoms with Crippen LogP contribution in [0.15, 0.2) is 24.3 Å². The van der Waals surface area contributed by atoms with Crippen LogP contribution in [-0.2, 0) is 10.2 Å². The average Bonchev–Trinajstić information content (AvgIpc) is 2.52. The molecule has 1 fully saturated rings. The number of nitrogens with one attached hydrogen (secondary N) is 2. The van der Waals surface area contributed by atoms with E-state index in [2.05, 4.69) is 54.5 Å². The number of para-hydroxylation sites is 1. The lowest BCUT2D eigenvalue weighted by atomic mass is 9.86. The van der Waals surface area contributed by atoms with Crippen molar-refractivity contribution in [3.8, 4) is 0 Å². The number of anilines is 1. The minimum atomic E-state index is 0.0928. The van der Waals surface area contributed by atoms with E-state index in [1.165, 1.54) is 5.56 Å². The Morgan fingerprint density at radius 1 is 1.22 bits per heavy atom. The molecule has 0 aromatic heterocycles. The lowest BCUT2D eigenvalue weighted by Gasteiger charge is -2.26. The second-order valence-electron chi connectivity index (χ2n) is 6.98. The summed E-state index contributed by atoms with van der Waals surface area (Å²) in [6.45, 7) is 12.4. The maximum Gasteiger partial charge on any atom is 0.170 e. The van der Waals surface area contributed by atoms with Crippen molar-refractivity contribution in [2.24, 2.45) is 0 Å². The van der Waals surface area contributed by atoms with Gasteiger partial charge in [0.2, 0.25) is 0 Å². The van der Waals surface area contributed by atoms with Crippen LogP contribution in [0.1, 0.15) is 32.8 Å². The van der Waals surface area contributed by atoms with Gasteiger partial charge < -0.3 is 15.4 Å². The van der Waals surface area contributed by atoms with E-state index in [1.54, 1.807) is 0 Å². The summed E-state index contributed by atoms with van der Waals surface area (Å²) in [5.74, 6) is 0. The molecule has 1 heterocycles. The van der Waals surface area contributed by atoms with Crippen molar-refractivity contribution in [2.75, 3.05) is 44.7 Å². The van der Waals surface area contributed by atoms with E-state index >= 15 is 0 Å². The van der Waals surface area contributed by atoms with Gasteiger partial charge in [0.05, 0.1) is 13.2 Å². The zero-order valence-electron chi connectivity index (χ0n) is 14.5. The van der Waals surface area contributed by atoms with Gasteiger partial charge in [-0.25, -0.2) is 0 Å². The van der Waals surface area contributed by atoms with Crippen LogP contribution in [0.5, 0.6) is 0 Å².